The Morgan fingerprint density at radius 1 is 1.50 bits per heavy atom. The Morgan fingerprint density at radius 2 is 2.07 bits per heavy atom. The molecule has 1 rings (SSSR count). The molecule has 0 bridgehead atoms. The van der Waals surface area contributed by atoms with Crippen LogP contribution in [-0.4, -0.2) is 22.3 Å². The lowest BCUT2D eigenvalue weighted by molar-refractivity contribution is -0.148. The molecule has 5 heteroatoms. The van der Waals surface area contributed by atoms with Crippen molar-refractivity contribution in [3.05, 3.63) is 30.3 Å². The molecule has 4 nitrogen and oxygen atoms in total. The van der Waals surface area contributed by atoms with Crippen LogP contribution in [0.2, 0.25) is 0 Å². The molecule has 1 aromatic carbocycles. The second kappa shape index (κ2) is 4.57. The van der Waals surface area contributed by atoms with E-state index in [1.807, 2.05) is 0 Å². The van der Waals surface area contributed by atoms with Crippen molar-refractivity contribution in [2.75, 3.05) is 5.43 Å². The van der Waals surface area contributed by atoms with Gasteiger partial charge in [-0.2, -0.15) is 0 Å². The molecule has 1 aromatic rings. The summed E-state index contributed by atoms with van der Waals surface area (Å²) in [5.41, 5.74) is 2.81. The van der Waals surface area contributed by atoms with E-state index in [1.54, 1.807) is 30.3 Å². The molecule has 0 fully saturated rings. The predicted octanol–water partition coefficient (Wildman–Crippen LogP) is 1.67. The van der Waals surface area contributed by atoms with Crippen LogP contribution in [0, 0.1) is 0 Å². The van der Waals surface area contributed by atoms with E-state index in [1.165, 1.54) is 6.92 Å². The number of hydrogen-bond donors (Lipinski definition) is 2. The van der Waals surface area contributed by atoms with Crippen molar-refractivity contribution >= 4 is 11.7 Å². The zero-order valence-electron chi connectivity index (χ0n) is 7.64. The van der Waals surface area contributed by atoms with Gasteiger partial charge in [0, 0.05) is 0 Å². The van der Waals surface area contributed by atoms with Crippen molar-refractivity contribution in [1.82, 2.24) is 5.23 Å². The summed E-state index contributed by atoms with van der Waals surface area (Å²) in [7, 11) is 0. The van der Waals surface area contributed by atoms with E-state index in [0.717, 1.165) is 0 Å². The molecule has 76 valence electrons. The molecule has 2 N–H and O–H groups in total. The van der Waals surface area contributed by atoms with Crippen LogP contribution < -0.4 is 5.43 Å². The van der Waals surface area contributed by atoms with Crippen molar-refractivity contribution in [3.8, 4) is 0 Å². The largest absolute Gasteiger partial charge is 0.480 e. The molecular formula is C9H11FN2O2. The Hall–Kier alpha value is -1.62. The number of para-hydroxylation sites is 1. The van der Waals surface area contributed by atoms with E-state index in [9.17, 15) is 9.28 Å². The van der Waals surface area contributed by atoms with E-state index in [4.69, 9.17) is 5.11 Å². The highest BCUT2D eigenvalue weighted by Gasteiger charge is 2.20. The SMILES string of the molecule is CC(C(=O)O)N(F)Nc1ccccc1. The Morgan fingerprint density at radius 3 is 2.57 bits per heavy atom. The fourth-order valence-corrected chi connectivity index (χ4v) is 0.830. The molecule has 0 radical (unpaired) electrons. The molecule has 0 heterocycles. The molecule has 0 aliphatic carbocycles. The molecule has 0 aromatic heterocycles. The number of aliphatic carboxylic acids is 1. The molecule has 0 aliphatic rings. The van der Waals surface area contributed by atoms with Crippen molar-refractivity contribution in [1.29, 1.82) is 0 Å². The third-order valence-corrected chi connectivity index (χ3v) is 1.71. The first-order valence-corrected chi connectivity index (χ1v) is 4.11. The van der Waals surface area contributed by atoms with Gasteiger partial charge in [-0.25, -0.2) is 0 Å². The van der Waals surface area contributed by atoms with Gasteiger partial charge in [-0.05, 0) is 24.3 Å². The number of hydrazine groups is 1. The first-order valence-electron chi connectivity index (χ1n) is 4.11. The number of nitrogens with one attached hydrogen (secondary N) is 1. The normalized spacial score (nSPS) is 12.5. The molecule has 0 spiro atoms. The number of anilines is 1. The third kappa shape index (κ3) is 2.70. The first kappa shape index (κ1) is 10.5. The lowest BCUT2D eigenvalue weighted by atomic mass is 10.3. The Labute approximate surface area is 80.9 Å². The minimum atomic E-state index is -1.23. The highest BCUT2D eigenvalue weighted by molar-refractivity contribution is 5.72. The average Bonchev–Trinajstić information content (AvgIpc) is 2.18. The fraction of sp³-hybridized carbons (Fsp3) is 0.222. The van der Waals surface area contributed by atoms with Crippen LogP contribution in [0.25, 0.3) is 0 Å². The van der Waals surface area contributed by atoms with Crippen LogP contribution >= 0.6 is 0 Å². The number of rotatable bonds is 4. The van der Waals surface area contributed by atoms with Crippen LogP contribution in [0.3, 0.4) is 0 Å². The van der Waals surface area contributed by atoms with E-state index in [2.05, 4.69) is 5.43 Å². The zero-order valence-corrected chi connectivity index (χ0v) is 7.64. The quantitative estimate of drug-likeness (QED) is 0.570. The molecule has 1 unspecified atom stereocenters. The second-order valence-electron chi connectivity index (χ2n) is 2.80. The molecule has 0 amide bonds. The summed E-state index contributed by atoms with van der Waals surface area (Å²) in [5.74, 6) is -1.23. The van der Waals surface area contributed by atoms with Crippen LogP contribution in [0.15, 0.2) is 30.3 Å². The summed E-state index contributed by atoms with van der Waals surface area (Å²) in [5, 5.41) is 8.56. The van der Waals surface area contributed by atoms with Gasteiger partial charge in [0.15, 0.2) is 6.04 Å². The zero-order chi connectivity index (χ0) is 10.6. The Balaban J connectivity index is 2.57. The van der Waals surface area contributed by atoms with Crippen LogP contribution in [0.5, 0.6) is 0 Å². The highest BCUT2D eigenvalue weighted by atomic mass is 19.2. The highest BCUT2D eigenvalue weighted by Crippen LogP contribution is 2.09. The van der Waals surface area contributed by atoms with Gasteiger partial charge in [-0.1, -0.05) is 18.2 Å². The molecule has 0 aliphatic heterocycles. The van der Waals surface area contributed by atoms with E-state index in [-0.39, 0.29) is 5.23 Å². The van der Waals surface area contributed by atoms with Gasteiger partial charge in [0.1, 0.15) is 0 Å². The maximum Gasteiger partial charge on any atom is 0.325 e. The first-order chi connectivity index (χ1) is 6.61. The van der Waals surface area contributed by atoms with E-state index < -0.39 is 12.0 Å². The van der Waals surface area contributed by atoms with Gasteiger partial charge in [0.05, 0.1) is 5.69 Å². The molecule has 14 heavy (non-hydrogen) atoms. The third-order valence-electron chi connectivity index (χ3n) is 1.71. The number of carbonyl (C=O) groups is 1. The fourth-order valence-electron chi connectivity index (χ4n) is 0.830. The number of carboxylic acid groups (broad SMARTS) is 1. The van der Waals surface area contributed by atoms with Gasteiger partial charge in [-0.15, -0.1) is 4.48 Å². The maximum absolute atomic E-state index is 13.1. The molecular weight excluding hydrogens is 187 g/mol. The topological polar surface area (TPSA) is 52.6 Å². The van der Waals surface area contributed by atoms with Gasteiger partial charge in [0.2, 0.25) is 0 Å². The number of halogens is 1. The van der Waals surface area contributed by atoms with Crippen molar-refractivity contribution in [3.63, 3.8) is 0 Å². The average molecular weight is 198 g/mol. The Kier molecular flexibility index (Phi) is 3.41. The summed E-state index contributed by atoms with van der Waals surface area (Å²) < 4.78 is 13.1. The van der Waals surface area contributed by atoms with Gasteiger partial charge < -0.3 is 5.11 Å². The number of benzene rings is 1. The van der Waals surface area contributed by atoms with Gasteiger partial charge in [0.25, 0.3) is 0 Å². The minimum Gasteiger partial charge on any atom is -0.480 e. The standard InChI is InChI=1S/C9H11FN2O2/c1-7(9(13)14)12(10)11-8-5-3-2-4-6-8/h2-7,11H,1H3,(H,13,14). The number of hydrogen-bond acceptors (Lipinski definition) is 3. The molecule has 0 saturated carbocycles. The lowest BCUT2D eigenvalue weighted by Crippen LogP contribution is -2.36. The van der Waals surface area contributed by atoms with Crippen molar-refractivity contribution < 1.29 is 14.4 Å². The summed E-state index contributed by atoms with van der Waals surface area (Å²) >= 11 is 0. The second-order valence-corrected chi connectivity index (χ2v) is 2.80. The van der Waals surface area contributed by atoms with E-state index in [0.29, 0.717) is 5.69 Å². The molecule has 1 atom stereocenters. The summed E-state index contributed by atoms with van der Waals surface area (Å²) in [6.07, 6.45) is 0. The van der Waals surface area contributed by atoms with Crippen LogP contribution in [0.4, 0.5) is 10.2 Å². The van der Waals surface area contributed by atoms with Crippen molar-refractivity contribution in [2.45, 2.75) is 13.0 Å². The summed E-state index contributed by atoms with van der Waals surface area (Å²) in [4.78, 5) is 10.4. The van der Waals surface area contributed by atoms with Gasteiger partial charge in [-0.3, -0.25) is 10.2 Å². The summed E-state index contributed by atoms with van der Waals surface area (Å²) in [6, 6.07) is 7.29. The number of carboxylic acids is 1. The lowest BCUT2D eigenvalue weighted by Gasteiger charge is -2.17. The monoisotopic (exact) mass is 198 g/mol. The van der Waals surface area contributed by atoms with Crippen molar-refractivity contribution in [2.24, 2.45) is 0 Å². The van der Waals surface area contributed by atoms with Crippen LogP contribution in [0.1, 0.15) is 6.92 Å². The van der Waals surface area contributed by atoms with E-state index >= 15 is 0 Å². The predicted molar refractivity (Wildman–Crippen MR) is 50.1 cm³/mol. The Bertz CT molecular complexity index is 305. The molecule has 0 saturated heterocycles. The number of nitrogens with zero attached hydrogens (tertiary/aromatic N) is 1. The van der Waals surface area contributed by atoms with Gasteiger partial charge >= 0.3 is 5.97 Å². The summed E-state index contributed by atoms with van der Waals surface area (Å²) in [6.45, 7) is 1.25. The maximum atomic E-state index is 13.1. The van der Waals surface area contributed by atoms with Crippen LogP contribution in [-0.2, 0) is 4.79 Å². The smallest absolute Gasteiger partial charge is 0.325 e. The minimum absolute atomic E-state index is 0.0532.